The molecule has 0 aliphatic carbocycles. The summed E-state index contributed by atoms with van der Waals surface area (Å²) in [6.45, 7) is 6.98. The Bertz CT molecular complexity index is 454. The van der Waals surface area contributed by atoms with Crippen LogP contribution in [0, 0.1) is 0 Å². The van der Waals surface area contributed by atoms with E-state index in [1.54, 1.807) is 0 Å². The number of benzene rings is 2. The molecule has 0 aliphatic heterocycles. The standard InChI is InChI=1S/C19H27NSi/c1-3-20(4-2)21-16-15-19(17-11-7-5-8-12-17)18-13-9-6-10-14-18/h5-14,19H,3-4,15-16,21H2,1-2H3. The SMILES string of the molecule is CCN(CC)[SiH2]CCC(c1ccccc1)c1ccccc1. The van der Waals surface area contributed by atoms with Crippen LogP contribution in [0.1, 0.15) is 37.3 Å². The Morgan fingerprint density at radius 1 is 0.810 bits per heavy atom. The second-order valence-corrected chi connectivity index (χ2v) is 7.59. The topological polar surface area (TPSA) is 3.24 Å². The molecular formula is C19H27NSi. The molecule has 0 bridgehead atoms. The summed E-state index contributed by atoms with van der Waals surface area (Å²) in [5.41, 5.74) is 2.91. The first kappa shape index (κ1) is 16.0. The minimum absolute atomic E-state index is 0.0940. The fourth-order valence-corrected chi connectivity index (χ4v) is 4.63. The smallest absolute Gasteiger partial charge is 0.0950 e. The predicted octanol–water partition coefficient (Wildman–Crippen LogP) is 4.05. The quantitative estimate of drug-likeness (QED) is 0.664. The molecule has 0 heterocycles. The Morgan fingerprint density at radius 3 is 1.71 bits per heavy atom. The van der Waals surface area contributed by atoms with Crippen molar-refractivity contribution in [1.82, 2.24) is 4.57 Å². The molecule has 2 aromatic rings. The molecule has 0 fully saturated rings. The molecule has 0 spiro atoms. The second-order valence-electron chi connectivity index (χ2n) is 5.54. The van der Waals surface area contributed by atoms with Crippen molar-refractivity contribution in [2.75, 3.05) is 13.1 Å². The largest absolute Gasteiger partial charge is 0.330 e. The lowest BCUT2D eigenvalue weighted by Gasteiger charge is -2.21. The van der Waals surface area contributed by atoms with Crippen molar-refractivity contribution in [2.24, 2.45) is 0 Å². The predicted molar refractivity (Wildman–Crippen MR) is 95.6 cm³/mol. The molecule has 0 amide bonds. The van der Waals surface area contributed by atoms with E-state index in [4.69, 9.17) is 0 Å². The van der Waals surface area contributed by atoms with Gasteiger partial charge in [0.05, 0.1) is 9.68 Å². The lowest BCUT2D eigenvalue weighted by molar-refractivity contribution is 0.489. The van der Waals surface area contributed by atoms with Crippen LogP contribution in [0.25, 0.3) is 0 Å². The Kier molecular flexibility index (Phi) is 6.71. The Morgan fingerprint density at radius 2 is 1.29 bits per heavy atom. The normalized spacial score (nSPS) is 11.8. The molecule has 0 aliphatic rings. The molecule has 112 valence electrons. The molecule has 0 unspecified atom stereocenters. The molecule has 2 heteroatoms. The fourth-order valence-electron chi connectivity index (χ4n) is 2.96. The first-order chi connectivity index (χ1) is 10.3. The highest BCUT2D eigenvalue weighted by Gasteiger charge is 2.14. The third kappa shape index (κ3) is 4.83. The zero-order valence-electron chi connectivity index (χ0n) is 13.3. The molecule has 0 N–H and O–H groups in total. The van der Waals surface area contributed by atoms with Crippen LogP contribution in [0.4, 0.5) is 0 Å². The Balaban J connectivity index is 2.07. The highest BCUT2D eigenvalue weighted by Crippen LogP contribution is 2.29. The average Bonchev–Trinajstić information content (AvgIpc) is 2.57. The molecular weight excluding hydrogens is 270 g/mol. The molecule has 2 rings (SSSR count). The van der Waals surface area contributed by atoms with Gasteiger partial charge in [0, 0.05) is 5.92 Å². The van der Waals surface area contributed by atoms with Gasteiger partial charge in [0.25, 0.3) is 0 Å². The number of hydrogen-bond donors (Lipinski definition) is 0. The number of rotatable bonds is 8. The van der Waals surface area contributed by atoms with E-state index in [0.29, 0.717) is 5.92 Å². The van der Waals surface area contributed by atoms with Crippen molar-refractivity contribution in [2.45, 2.75) is 32.2 Å². The summed E-state index contributed by atoms with van der Waals surface area (Å²) in [4.78, 5) is 0. The number of hydrogen-bond acceptors (Lipinski definition) is 1. The van der Waals surface area contributed by atoms with Crippen molar-refractivity contribution < 1.29 is 0 Å². The first-order valence-electron chi connectivity index (χ1n) is 8.17. The maximum atomic E-state index is 2.65. The van der Waals surface area contributed by atoms with Gasteiger partial charge < -0.3 is 4.57 Å². The highest BCUT2D eigenvalue weighted by molar-refractivity contribution is 6.31. The summed E-state index contributed by atoms with van der Waals surface area (Å²) >= 11 is 0. The van der Waals surface area contributed by atoms with Crippen LogP contribution in [0.5, 0.6) is 0 Å². The Hall–Kier alpha value is -1.38. The van der Waals surface area contributed by atoms with Gasteiger partial charge in [-0.05, 0) is 36.7 Å². The number of nitrogens with zero attached hydrogens (tertiary/aromatic N) is 1. The van der Waals surface area contributed by atoms with E-state index in [-0.39, 0.29) is 9.68 Å². The van der Waals surface area contributed by atoms with Crippen LogP contribution in [-0.4, -0.2) is 27.3 Å². The molecule has 0 radical (unpaired) electrons. The molecule has 0 aromatic heterocycles. The van der Waals surface area contributed by atoms with Crippen LogP contribution in [0.2, 0.25) is 6.04 Å². The van der Waals surface area contributed by atoms with Crippen molar-refractivity contribution >= 4 is 9.68 Å². The van der Waals surface area contributed by atoms with Gasteiger partial charge in [-0.2, -0.15) is 0 Å². The lowest BCUT2D eigenvalue weighted by atomic mass is 9.89. The van der Waals surface area contributed by atoms with E-state index in [2.05, 4.69) is 79.1 Å². The van der Waals surface area contributed by atoms with Crippen LogP contribution in [0.3, 0.4) is 0 Å². The van der Waals surface area contributed by atoms with Crippen molar-refractivity contribution in [3.63, 3.8) is 0 Å². The molecule has 0 saturated carbocycles. The summed E-state index contributed by atoms with van der Waals surface area (Å²) in [7, 11) is -0.0940. The minimum atomic E-state index is -0.0940. The monoisotopic (exact) mass is 297 g/mol. The van der Waals surface area contributed by atoms with E-state index >= 15 is 0 Å². The van der Waals surface area contributed by atoms with Crippen LogP contribution >= 0.6 is 0 Å². The summed E-state index contributed by atoms with van der Waals surface area (Å²) < 4.78 is 2.65. The van der Waals surface area contributed by atoms with Gasteiger partial charge in [-0.1, -0.05) is 74.5 Å². The van der Waals surface area contributed by atoms with Gasteiger partial charge in [0.1, 0.15) is 0 Å². The molecule has 2 aromatic carbocycles. The van der Waals surface area contributed by atoms with E-state index in [0.717, 1.165) is 0 Å². The third-order valence-electron chi connectivity index (χ3n) is 4.27. The highest BCUT2D eigenvalue weighted by atomic mass is 28.2. The van der Waals surface area contributed by atoms with Crippen LogP contribution in [0.15, 0.2) is 60.7 Å². The van der Waals surface area contributed by atoms with Crippen LogP contribution < -0.4 is 0 Å². The van der Waals surface area contributed by atoms with Gasteiger partial charge in [-0.25, -0.2) is 0 Å². The molecule has 21 heavy (non-hydrogen) atoms. The zero-order valence-corrected chi connectivity index (χ0v) is 14.7. The van der Waals surface area contributed by atoms with Gasteiger partial charge in [0.15, 0.2) is 0 Å². The van der Waals surface area contributed by atoms with E-state index < -0.39 is 0 Å². The maximum absolute atomic E-state index is 2.65. The van der Waals surface area contributed by atoms with E-state index in [9.17, 15) is 0 Å². The zero-order chi connectivity index (χ0) is 14.9. The fraction of sp³-hybridized carbons (Fsp3) is 0.368. The molecule has 1 nitrogen and oxygen atoms in total. The summed E-state index contributed by atoms with van der Waals surface area (Å²) in [5.74, 6) is 0.551. The average molecular weight is 298 g/mol. The van der Waals surface area contributed by atoms with Crippen molar-refractivity contribution in [3.8, 4) is 0 Å². The summed E-state index contributed by atoms with van der Waals surface area (Å²) in [5, 5.41) is 0. The van der Waals surface area contributed by atoms with Gasteiger partial charge in [-0.15, -0.1) is 0 Å². The van der Waals surface area contributed by atoms with Gasteiger partial charge in [-0.3, -0.25) is 0 Å². The molecule has 0 atom stereocenters. The lowest BCUT2D eigenvalue weighted by Crippen LogP contribution is -2.27. The summed E-state index contributed by atoms with van der Waals surface area (Å²) in [6.07, 6.45) is 1.27. The summed E-state index contributed by atoms with van der Waals surface area (Å²) in [6, 6.07) is 23.3. The van der Waals surface area contributed by atoms with E-state index in [1.165, 1.54) is 36.7 Å². The third-order valence-corrected chi connectivity index (χ3v) is 6.52. The maximum Gasteiger partial charge on any atom is 0.0950 e. The van der Waals surface area contributed by atoms with Crippen LogP contribution in [-0.2, 0) is 0 Å². The molecule has 0 saturated heterocycles. The second kappa shape index (κ2) is 8.80. The van der Waals surface area contributed by atoms with Gasteiger partial charge in [0.2, 0.25) is 0 Å². The van der Waals surface area contributed by atoms with Gasteiger partial charge >= 0.3 is 0 Å². The Labute approximate surface area is 131 Å². The minimum Gasteiger partial charge on any atom is -0.330 e. The van der Waals surface area contributed by atoms with Crippen molar-refractivity contribution in [1.29, 1.82) is 0 Å². The first-order valence-corrected chi connectivity index (χ1v) is 9.80. The van der Waals surface area contributed by atoms with Crippen molar-refractivity contribution in [3.05, 3.63) is 71.8 Å². The van der Waals surface area contributed by atoms with E-state index in [1.807, 2.05) is 0 Å².